The van der Waals surface area contributed by atoms with Crippen LogP contribution in [0.3, 0.4) is 0 Å². The normalized spacial score (nSPS) is 19.3. The zero-order valence-electron chi connectivity index (χ0n) is 17.1. The molecule has 0 bridgehead atoms. The number of carbonyl (C=O) groups excluding carboxylic acids is 3. The van der Waals surface area contributed by atoms with Crippen LogP contribution in [0.15, 0.2) is 72.8 Å². The van der Waals surface area contributed by atoms with E-state index >= 15 is 0 Å². The minimum atomic E-state index is -1.36. The van der Waals surface area contributed by atoms with Crippen molar-refractivity contribution in [3.05, 3.63) is 89.2 Å². The average Bonchev–Trinajstić information content (AvgIpc) is 3.27. The molecule has 0 aliphatic carbocycles. The largest absolute Gasteiger partial charge is 0.325 e. The maximum absolute atomic E-state index is 13.9. The van der Waals surface area contributed by atoms with Gasteiger partial charge in [0.05, 0.1) is 11.4 Å². The molecule has 0 radical (unpaired) electrons. The molecule has 0 saturated carbocycles. The van der Waals surface area contributed by atoms with Crippen molar-refractivity contribution in [3.63, 3.8) is 0 Å². The molecule has 2 aliphatic rings. The van der Waals surface area contributed by atoms with Crippen molar-refractivity contribution in [1.29, 1.82) is 0 Å². The van der Waals surface area contributed by atoms with E-state index in [0.29, 0.717) is 27.6 Å². The summed E-state index contributed by atoms with van der Waals surface area (Å²) in [6.07, 6.45) is 0. The summed E-state index contributed by atoms with van der Waals surface area (Å²) in [7, 11) is 0. The predicted octanol–water partition coefficient (Wildman–Crippen LogP) is 4.40. The van der Waals surface area contributed by atoms with Gasteiger partial charge in [0.1, 0.15) is 12.4 Å². The predicted molar refractivity (Wildman–Crippen MR) is 127 cm³/mol. The zero-order chi connectivity index (χ0) is 23.2. The number of carbonyl (C=O) groups is 3. The van der Waals surface area contributed by atoms with Gasteiger partial charge < -0.3 is 5.32 Å². The van der Waals surface area contributed by atoms with Crippen LogP contribution in [0.1, 0.15) is 5.56 Å². The first-order chi connectivity index (χ1) is 15.9. The molecule has 9 heteroatoms. The topological polar surface area (TPSA) is 69.7 Å². The van der Waals surface area contributed by atoms with E-state index in [2.05, 4.69) is 5.32 Å². The Morgan fingerprint density at radius 3 is 2.45 bits per heavy atom. The molecule has 3 amide bonds. The fourth-order valence-corrected chi connectivity index (χ4v) is 5.67. The van der Waals surface area contributed by atoms with Gasteiger partial charge >= 0.3 is 0 Å². The molecule has 1 fully saturated rings. The number of para-hydroxylation sites is 1. The third-order valence-corrected chi connectivity index (χ3v) is 7.22. The van der Waals surface area contributed by atoms with E-state index in [9.17, 15) is 18.8 Å². The summed E-state index contributed by atoms with van der Waals surface area (Å²) < 4.78 is 13.5. The van der Waals surface area contributed by atoms with Gasteiger partial charge in [0.2, 0.25) is 16.7 Å². The van der Waals surface area contributed by atoms with Crippen molar-refractivity contribution in [3.8, 4) is 0 Å². The molecule has 0 aromatic heterocycles. The summed E-state index contributed by atoms with van der Waals surface area (Å²) in [4.78, 5) is 41.0. The molecule has 3 aromatic rings. The second-order valence-electron chi connectivity index (χ2n) is 7.60. The molecule has 0 unspecified atom stereocenters. The Morgan fingerprint density at radius 2 is 1.73 bits per heavy atom. The summed E-state index contributed by atoms with van der Waals surface area (Å²) >= 11 is 7.09. The Hall–Kier alpha value is -3.36. The first kappa shape index (κ1) is 21.5. The third kappa shape index (κ3) is 3.55. The number of nitrogens with zero attached hydrogens (tertiary/aromatic N) is 2. The second-order valence-corrected chi connectivity index (χ2v) is 9.21. The second kappa shape index (κ2) is 8.20. The minimum absolute atomic E-state index is 0.0856. The lowest BCUT2D eigenvalue weighted by atomic mass is 10.0. The highest BCUT2D eigenvalue weighted by atomic mass is 35.5. The van der Waals surface area contributed by atoms with Crippen LogP contribution in [0.25, 0.3) is 0 Å². The smallest absolute Gasteiger partial charge is 0.269 e. The molecule has 6 nitrogen and oxygen atoms in total. The zero-order valence-corrected chi connectivity index (χ0v) is 18.7. The fourth-order valence-electron chi connectivity index (χ4n) is 4.18. The van der Waals surface area contributed by atoms with E-state index in [1.54, 1.807) is 48.5 Å². The number of thioether (sulfide) groups is 1. The number of hydrogen-bond acceptors (Lipinski definition) is 4. The fraction of sp³-hybridized carbons (Fsp3) is 0.125. The van der Waals surface area contributed by atoms with Crippen LogP contribution in [0, 0.1) is 5.82 Å². The molecule has 1 spiro atoms. The SMILES string of the molecule is O=C(CN1C(=O)[C@@]2(SCC(=O)N2c2ccc(F)cc2)c2ccccc21)Nc1ccc(Cl)cc1. The van der Waals surface area contributed by atoms with Crippen LogP contribution in [-0.2, 0) is 19.3 Å². The van der Waals surface area contributed by atoms with Crippen LogP contribution in [0.5, 0.6) is 0 Å². The molecular formula is C24H17ClFN3O3S. The summed E-state index contributed by atoms with van der Waals surface area (Å²) in [5.74, 6) is -1.40. The van der Waals surface area contributed by atoms with Crippen molar-refractivity contribution < 1.29 is 18.8 Å². The molecule has 2 aliphatic heterocycles. The van der Waals surface area contributed by atoms with E-state index in [1.165, 1.54) is 45.8 Å². The number of benzene rings is 3. The van der Waals surface area contributed by atoms with Crippen molar-refractivity contribution in [2.45, 2.75) is 4.87 Å². The average molecular weight is 482 g/mol. The minimum Gasteiger partial charge on any atom is -0.325 e. The molecule has 5 rings (SSSR count). The lowest BCUT2D eigenvalue weighted by molar-refractivity contribution is -0.124. The molecule has 1 saturated heterocycles. The highest BCUT2D eigenvalue weighted by molar-refractivity contribution is 8.02. The number of rotatable bonds is 4. The highest BCUT2D eigenvalue weighted by Crippen LogP contribution is 2.55. The van der Waals surface area contributed by atoms with Gasteiger partial charge in [0.25, 0.3) is 5.91 Å². The van der Waals surface area contributed by atoms with Crippen LogP contribution in [0.2, 0.25) is 5.02 Å². The van der Waals surface area contributed by atoms with E-state index in [0.717, 1.165) is 0 Å². The highest BCUT2D eigenvalue weighted by Gasteiger charge is 2.61. The van der Waals surface area contributed by atoms with Gasteiger partial charge in [-0.1, -0.05) is 29.8 Å². The Labute approximate surface area is 198 Å². The first-order valence-electron chi connectivity index (χ1n) is 10.1. The molecule has 1 N–H and O–H groups in total. The van der Waals surface area contributed by atoms with Crippen molar-refractivity contribution in [2.75, 3.05) is 27.4 Å². The van der Waals surface area contributed by atoms with Gasteiger partial charge in [-0.15, -0.1) is 11.8 Å². The third-order valence-electron chi connectivity index (χ3n) is 5.58. The molecule has 2 heterocycles. The van der Waals surface area contributed by atoms with Crippen LogP contribution in [0.4, 0.5) is 21.5 Å². The molecule has 33 heavy (non-hydrogen) atoms. The molecule has 3 aromatic carbocycles. The van der Waals surface area contributed by atoms with E-state index in [1.807, 2.05) is 0 Å². The van der Waals surface area contributed by atoms with Gasteiger partial charge in [-0.2, -0.15) is 0 Å². The quantitative estimate of drug-likeness (QED) is 0.599. The number of nitrogens with one attached hydrogen (secondary N) is 1. The number of amides is 3. The summed E-state index contributed by atoms with van der Waals surface area (Å²) in [6, 6.07) is 19.2. The maximum atomic E-state index is 13.9. The monoisotopic (exact) mass is 481 g/mol. The van der Waals surface area contributed by atoms with E-state index in [4.69, 9.17) is 11.6 Å². The van der Waals surface area contributed by atoms with Crippen molar-refractivity contribution in [1.82, 2.24) is 0 Å². The Kier molecular flexibility index (Phi) is 5.34. The van der Waals surface area contributed by atoms with Gasteiger partial charge in [0, 0.05) is 22.0 Å². The standard InChI is InChI=1S/C24H17ClFN3O3S/c25-15-5-9-17(10-6-15)27-21(30)13-28-20-4-2-1-3-19(20)24(23(28)32)29(22(31)14-33-24)18-11-7-16(26)8-12-18/h1-12H,13-14H2,(H,27,30)/t24-/m0/s1. The lowest BCUT2D eigenvalue weighted by Crippen LogP contribution is -2.50. The lowest BCUT2D eigenvalue weighted by Gasteiger charge is -2.33. The number of fused-ring (bicyclic) bond motifs is 2. The Bertz CT molecular complexity index is 1270. The van der Waals surface area contributed by atoms with E-state index < -0.39 is 16.6 Å². The van der Waals surface area contributed by atoms with Crippen LogP contribution in [-0.4, -0.2) is 30.0 Å². The van der Waals surface area contributed by atoms with Crippen molar-refractivity contribution >= 4 is 58.1 Å². The summed E-state index contributed by atoms with van der Waals surface area (Å²) in [5.41, 5.74) is 2.15. The first-order valence-corrected chi connectivity index (χ1v) is 11.5. The van der Waals surface area contributed by atoms with Gasteiger partial charge in [-0.05, 0) is 54.6 Å². The van der Waals surface area contributed by atoms with Gasteiger partial charge in [-0.25, -0.2) is 4.39 Å². The molecular weight excluding hydrogens is 465 g/mol. The van der Waals surface area contributed by atoms with Crippen molar-refractivity contribution in [2.24, 2.45) is 0 Å². The van der Waals surface area contributed by atoms with Gasteiger partial charge in [-0.3, -0.25) is 24.2 Å². The van der Waals surface area contributed by atoms with Crippen LogP contribution < -0.4 is 15.1 Å². The number of halogens is 2. The molecule has 166 valence electrons. The Balaban J connectivity index is 1.50. The van der Waals surface area contributed by atoms with Gasteiger partial charge in [0.15, 0.2) is 0 Å². The summed E-state index contributed by atoms with van der Waals surface area (Å²) in [6.45, 7) is -0.230. The number of anilines is 3. The van der Waals surface area contributed by atoms with E-state index in [-0.39, 0.29) is 24.1 Å². The summed E-state index contributed by atoms with van der Waals surface area (Å²) in [5, 5.41) is 3.31. The molecule has 1 atom stereocenters. The Morgan fingerprint density at radius 1 is 1.03 bits per heavy atom. The maximum Gasteiger partial charge on any atom is 0.269 e. The van der Waals surface area contributed by atoms with Crippen LogP contribution >= 0.6 is 23.4 Å². The number of hydrogen-bond donors (Lipinski definition) is 1.